The lowest BCUT2D eigenvalue weighted by Gasteiger charge is -2.27. The minimum Gasteiger partial charge on any atom is -0.481 e. The minimum absolute atomic E-state index is 0.136. The summed E-state index contributed by atoms with van der Waals surface area (Å²) in [6, 6.07) is 11.2. The molecule has 0 bridgehead atoms. The van der Waals surface area contributed by atoms with Gasteiger partial charge in [-0.05, 0) is 44.9 Å². The van der Waals surface area contributed by atoms with Crippen LogP contribution >= 0.6 is 11.6 Å². The number of likely N-dealkylation sites (tertiary alicyclic amines) is 1. The number of benzene rings is 2. The Kier molecular flexibility index (Phi) is 6.32. The Morgan fingerprint density at radius 2 is 1.79 bits per heavy atom. The molecule has 0 saturated carbocycles. The van der Waals surface area contributed by atoms with Crippen LogP contribution in [0.4, 0.5) is 13.6 Å². The second-order valence-corrected chi connectivity index (χ2v) is 8.47. The molecular weight excluding hydrogens is 400 g/mol. The van der Waals surface area contributed by atoms with Crippen molar-refractivity contribution in [3.05, 3.63) is 64.7 Å². The third-order valence-electron chi connectivity index (χ3n) is 4.68. The summed E-state index contributed by atoms with van der Waals surface area (Å²) in [5, 5.41) is -0.395. The number of nitrogens with zero attached hydrogens (tertiary/aromatic N) is 1. The molecule has 2 aromatic rings. The fraction of sp³-hybridized carbons (Fsp3) is 0.409. The molecule has 1 amide bonds. The second kappa shape index (κ2) is 8.57. The van der Waals surface area contributed by atoms with Gasteiger partial charge in [0.15, 0.2) is 11.6 Å². The van der Waals surface area contributed by atoms with Crippen molar-refractivity contribution in [2.75, 3.05) is 13.1 Å². The Morgan fingerprint density at radius 1 is 1.14 bits per heavy atom. The number of amides is 1. The second-order valence-electron chi connectivity index (χ2n) is 8.10. The molecule has 1 aliphatic rings. The summed E-state index contributed by atoms with van der Waals surface area (Å²) in [6.07, 6.45) is -0.368. The van der Waals surface area contributed by atoms with Gasteiger partial charge in [0.2, 0.25) is 0 Å². The van der Waals surface area contributed by atoms with Crippen molar-refractivity contribution >= 4 is 17.7 Å². The zero-order valence-electron chi connectivity index (χ0n) is 16.6. The van der Waals surface area contributed by atoms with Gasteiger partial charge in [-0.2, -0.15) is 0 Å². The Hall–Kier alpha value is -2.34. The lowest BCUT2D eigenvalue weighted by molar-refractivity contribution is 0.0272. The van der Waals surface area contributed by atoms with Gasteiger partial charge in [-0.25, -0.2) is 13.6 Å². The normalized spacial score (nSPS) is 17.9. The molecule has 1 saturated heterocycles. The van der Waals surface area contributed by atoms with E-state index in [9.17, 15) is 13.6 Å². The third kappa shape index (κ3) is 5.18. The molecule has 2 aromatic carbocycles. The van der Waals surface area contributed by atoms with Gasteiger partial charge in [0, 0.05) is 19.0 Å². The molecule has 1 fully saturated rings. The molecule has 1 aliphatic heterocycles. The van der Waals surface area contributed by atoms with Crippen LogP contribution in [0.3, 0.4) is 0 Å². The molecule has 0 spiro atoms. The third-order valence-corrected chi connectivity index (χ3v) is 5.03. The molecule has 4 nitrogen and oxygen atoms in total. The van der Waals surface area contributed by atoms with E-state index in [-0.39, 0.29) is 11.7 Å². The van der Waals surface area contributed by atoms with Crippen LogP contribution in [0, 0.1) is 17.6 Å². The minimum atomic E-state index is -0.753. The van der Waals surface area contributed by atoms with Gasteiger partial charge in [0.05, 0.1) is 0 Å². The molecule has 3 rings (SSSR count). The van der Waals surface area contributed by atoms with Crippen LogP contribution in [-0.4, -0.2) is 29.7 Å². The predicted molar refractivity (Wildman–Crippen MR) is 107 cm³/mol. The molecule has 29 heavy (non-hydrogen) atoms. The first-order chi connectivity index (χ1) is 13.7. The molecule has 2 atom stereocenters. The molecule has 0 aromatic heterocycles. The zero-order chi connectivity index (χ0) is 21.2. The molecule has 7 heteroatoms. The summed E-state index contributed by atoms with van der Waals surface area (Å²) in [5.41, 5.74) is 0.200. The maximum absolute atomic E-state index is 14.3. The van der Waals surface area contributed by atoms with E-state index in [1.165, 1.54) is 0 Å². The average Bonchev–Trinajstić information content (AvgIpc) is 3.14. The van der Waals surface area contributed by atoms with E-state index in [1.807, 2.05) is 51.1 Å². The number of halogens is 3. The van der Waals surface area contributed by atoms with Crippen molar-refractivity contribution in [2.45, 2.75) is 38.9 Å². The number of hydrogen-bond acceptors (Lipinski definition) is 3. The van der Waals surface area contributed by atoms with Crippen molar-refractivity contribution < 1.29 is 23.0 Å². The number of carbonyl (C=O) groups is 1. The van der Waals surface area contributed by atoms with Gasteiger partial charge in [-0.15, -0.1) is 0 Å². The van der Waals surface area contributed by atoms with Crippen LogP contribution in [0.15, 0.2) is 42.5 Å². The highest BCUT2D eigenvalue weighted by molar-refractivity contribution is 6.32. The SMILES string of the molecule is CC(C)(C)OC(=O)N1CC[C@@H](C(Oc2c(F)ccc(F)c2Cl)c2ccccc2)C1. The number of rotatable bonds is 4. The summed E-state index contributed by atoms with van der Waals surface area (Å²) < 4.78 is 39.6. The molecular formula is C22H24ClF2NO3. The molecule has 156 valence electrons. The summed E-state index contributed by atoms with van der Waals surface area (Å²) in [7, 11) is 0. The monoisotopic (exact) mass is 423 g/mol. The molecule has 1 heterocycles. The smallest absolute Gasteiger partial charge is 0.410 e. The van der Waals surface area contributed by atoms with Crippen molar-refractivity contribution in [1.82, 2.24) is 4.90 Å². The lowest BCUT2D eigenvalue weighted by Crippen LogP contribution is -2.36. The standard InChI is InChI=1S/C22H24ClF2NO3/c1-22(2,3)29-21(27)26-12-11-15(13-26)19(14-7-5-4-6-8-14)28-20-17(25)10-9-16(24)18(20)23/h4-10,15,19H,11-13H2,1-3H3/t15-,19?/m1/s1. The van der Waals surface area contributed by atoms with Crippen molar-refractivity contribution in [2.24, 2.45) is 5.92 Å². The topological polar surface area (TPSA) is 38.8 Å². The predicted octanol–water partition coefficient (Wildman–Crippen LogP) is 6.00. The van der Waals surface area contributed by atoms with E-state index in [4.69, 9.17) is 21.1 Å². The number of ether oxygens (including phenoxy) is 2. The molecule has 1 unspecified atom stereocenters. The largest absolute Gasteiger partial charge is 0.481 e. The maximum atomic E-state index is 14.3. The lowest BCUT2D eigenvalue weighted by atomic mass is 9.94. The van der Waals surface area contributed by atoms with Crippen LogP contribution in [0.2, 0.25) is 5.02 Å². The highest BCUT2D eigenvalue weighted by Gasteiger charge is 2.36. The van der Waals surface area contributed by atoms with Crippen LogP contribution in [0.25, 0.3) is 0 Å². The average molecular weight is 424 g/mol. The first-order valence-corrected chi connectivity index (χ1v) is 9.86. The van der Waals surface area contributed by atoms with Gasteiger partial charge in [0.25, 0.3) is 0 Å². The van der Waals surface area contributed by atoms with Crippen molar-refractivity contribution in [1.29, 1.82) is 0 Å². The van der Waals surface area contributed by atoms with E-state index in [2.05, 4.69) is 0 Å². The number of hydrogen-bond donors (Lipinski definition) is 0. The molecule has 0 N–H and O–H groups in total. The van der Waals surface area contributed by atoms with Gasteiger partial charge >= 0.3 is 6.09 Å². The van der Waals surface area contributed by atoms with Crippen molar-refractivity contribution in [3.8, 4) is 5.75 Å². The van der Waals surface area contributed by atoms with E-state index >= 15 is 0 Å². The Morgan fingerprint density at radius 3 is 2.45 bits per heavy atom. The van der Waals surface area contributed by atoms with E-state index in [1.54, 1.807) is 4.90 Å². The van der Waals surface area contributed by atoms with Crippen LogP contribution in [0.1, 0.15) is 38.9 Å². The van der Waals surface area contributed by atoms with Gasteiger partial charge < -0.3 is 14.4 Å². The molecule has 0 aliphatic carbocycles. The highest BCUT2D eigenvalue weighted by atomic mass is 35.5. The van der Waals surface area contributed by atoms with Gasteiger partial charge in [-0.1, -0.05) is 41.9 Å². The van der Waals surface area contributed by atoms with Crippen LogP contribution in [-0.2, 0) is 4.74 Å². The van der Waals surface area contributed by atoms with Gasteiger partial charge in [0.1, 0.15) is 22.5 Å². The van der Waals surface area contributed by atoms with E-state index in [0.717, 1.165) is 17.7 Å². The number of carbonyl (C=O) groups excluding carboxylic acids is 1. The van der Waals surface area contributed by atoms with E-state index in [0.29, 0.717) is 19.5 Å². The summed E-state index contributed by atoms with van der Waals surface area (Å²) in [5.74, 6) is -1.95. The quantitative estimate of drug-likeness (QED) is 0.566. The Balaban J connectivity index is 1.85. The fourth-order valence-corrected chi connectivity index (χ4v) is 3.55. The summed E-state index contributed by atoms with van der Waals surface area (Å²) in [4.78, 5) is 14.0. The maximum Gasteiger partial charge on any atom is 0.410 e. The first kappa shape index (κ1) is 21.4. The highest BCUT2D eigenvalue weighted by Crippen LogP contribution is 2.39. The van der Waals surface area contributed by atoms with Crippen LogP contribution < -0.4 is 4.74 Å². The summed E-state index contributed by atoms with van der Waals surface area (Å²) in [6.45, 7) is 6.30. The Bertz CT molecular complexity index is 870. The fourth-order valence-electron chi connectivity index (χ4n) is 3.35. The first-order valence-electron chi connectivity index (χ1n) is 9.49. The Labute approximate surface area is 174 Å². The van der Waals surface area contributed by atoms with Gasteiger partial charge in [-0.3, -0.25) is 0 Å². The molecule has 0 radical (unpaired) electrons. The summed E-state index contributed by atoms with van der Waals surface area (Å²) >= 11 is 5.96. The zero-order valence-corrected chi connectivity index (χ0v) is 17.4. The van der Waals surface area contributed by atoms with E-state index < -0.39 is 34.5 Å². The van der Waals surface area contributed by atoms with Crippen LogP contribution in [0.5, 0.6) is 5.75 Å². The van der Waals surface area contributed by atoms with Crippen molar-refractivity contribution in [3.63, 3.8) is 0 Å².